The lowest BCUT2D eigenvalue weighted by Gasteiger charge is -2.35. The molecule has 1 atom stereocenters. The van der Waals surface area contributed by atoms with E-state index in [-0.39, 0.29) is 6.29 Å². The number of benzene rings is 2. The van der Waals surface area contributed by atoms with E-state index in [4.69, 9.17) is 9.47 Å². The molecule has 1 heterocycles. The number of ether oxygens (including phenoxy) is 2. The third kappa shape index (κ3) is 5.22. The Morgan fingerprint density at radius 3 is 2.09 bits per heavy atom. The molecule has 1 aliphatic heterocycles. The van der Waals surface area contributed by atoms with Gasteiger partial charge in [0.05, 0.1) is 13.2 Å². The monoisotopic (exact) mass is 452 g/mol. The van der Waals surface area contributed by atoms with Crippen LogP contribution in [0.2, 0.25) is 0 Å². The van der Waals surface area contributed by atoms with Crippen LogP contribution in [0.4, 0.5) is 8.78 Å². The topological polar surface area (TPSA) is 18.5 Å². The number of hydrogen-bond acceptors (Lipinski definition) is 2. The smallest absolute Gasteiger partial charge is 0.183 e. The molecule has 2 nitrogen and oxygen atoms in total. The van der Waals surface area contributed by atoms with Gasteiger partial charge in [-0.3, -0.25) is 0 Å². The fourth-order valence-electron chi connectivity index (χ4n) is 5.88. The Kier molecular flexibility index (Phi) is 6.94. The minimum absolute atomic E-state index is 0.235. The van der Waals surface area contributed by atoms with Crippen molar-refractivity contribution in [3.05, 3.63) is 76.9 Å². The predicted molar refractivity (Wildman–Crippen MR) is 127 cm³/mol. The van der Waals surface area contributed by atoms with E-state index in [0.717, 1.165) is 61.9 Å². The maximum atomic E-state index is 13.6. The van der Waals surface area contributed by atoms with Crippen molar-refractivity contribution >= 4 is 5.57 Å². The SMILES string of the molecule is CC1COC(c2ccc(C3=CCC(C4CCC(c5ccc(F)c(F)c5)CC4)CC3)cc2)OC1. The maximum absolute atomic E-state index is 13.6. The summed E-state index contributed by atoms with van der Waals surface area (Å²) in [7, 11) is 0. The summed E-state index contributed by atoms with van der Waals surface area (Å²) in [4.78, 5) is 0. The van der Waals surface area contributed by atoms with Crippen LogP contribution in [0.1, 0.15) is 80.8 Å². The molecule has 33 heavy (non-hydrogen) atoms. The Hall–Kier alpha value is -2.04. The zero-order valence-electron chi connectivity index (χ0n) is 19.4. The molecule has 0 spiro atoms. The van der Waals surface area contributed by atoms with Gasteiger partial charge >= 0.3 is 0 Å². The molecule has 3 aliphatic rings. The van der Waals surface area contributed by atoms with Gasteiger partial charge in [0.25, 0.3) is 0 Å². The van der Waals surface area contributed by atoms with Gasteiger partial charge in [0.2, 0.25) is 0 Å². The summed E-state index contributed by atoms with van der Waals surface area (Å²) >= 11 is 0. The van der Waals surface area contributed by atoms with Crippen LogP contribution >= 0.6 is 0 Å². The van der Waals surface area contributed by atoms with E-state index in [1.807, 2.05) is 0 Å². The summed E-state index contributed by atoms with van der Waals surface area (Å²) in [6, 6.07) is 13.1. The van der Waals surface area contributed by atoms with E-state index in [1.54, 1.807) is 6.07 Å². The van der Waals surface area contributed by atoms with Gasteiger partial charge in [0.15, 0.2) is 17.9 Å². The highest BCUT2D eigenvalue weighted by Crippen LogP contribution is 2.44. The van der Waals surface area contributed by atoms with Crippen molar-refractivity contribution in [3.63, 3.8) is 0 Å². The normalized spacial score (nSPS) is 30.6. The molecule has 5 rings (SSSR count). The zero-order chi connectivity index (χ0) is 22.8. The van der Waals surface area contributed by atoms with Crippen molar-refractivity contribution in [2.24, 2.45) is 17.8 Å². The molecule has 0 aromatic heterocycles. The molecule has 1 saturated heterocycles. The molecule has 0 amide bonds. The van der Waals surface area contributed by atoms with Gasteiger partial charge in [-0.1, -0.05) is 43.3 Å². The predicted octanol–water partition coefficient (Wildman–Crippen LogP) is 7.80. The third-order valence-electron chi connectivity index (χ3n) is 7.92. The quantitative estimate of drug-likeness (QED) is 0.471. The summed E-state index contributed by atoms with van der Waals surface area (Å²) in [5.41, 5.74) is 4.81. The van der Waals surface area contributed by atoms with E-state index in [9.17, 15) is 8.78 Å². The van der Waals surface area contributed by atoms with E-state index >= 15 is 0 Å². The summed E-state index contributed by atoms with van der Waals surface area (Å²) in [6.07, 6.45) is 10.2. The van der Waals surface area contributed by atoms with Gasteiger partial charge in [-0.15, -0.1) is 0 Å². The zero-order valence-corrected chi connectivity index (χ0v) is 19.4. The lowest BCUT2D eigenvalue weighted by atomic mass is 9.70. The Morgan fingerprint density at radius 2 is 1.45 bits per heavy atom. The average Bonchev–Trinajstić information content (AvgIpc) is 2.87. The first kappa shape index (κ1) is 22.7. The van der Waals surface area contributed by atoms with E-state index in [2.05, 4.69) is 37.3 Å². The number of allylic oxidation sites excluding steroid dienone is 2. The van der Waals surface area contributed by atoms with Crippen molar-refractivity contribution in [2.75, 3.05) is 13.2 Å². The van der Waals surface area contributed by atoms with Gasteiger partial charge in [-0.05, 0) is 91.5 Å². The minimum Gasteiger partial charge on any atom is -0.348 e. The standard InChI is InChI=1S/C29H34F2O2/c1-19-17-32-29(33-18-19)25-12-10-23(11-13-25)21-4-2-20(3-5-21)22-6-8-24(9-7-22)26-14-15-27(30)28(31)16-26/h4,10-16,19-20,22,24,29H,2-3,5-9,17-18H2,1H3. The van der Waals surface area contributed by atoms with Crippen LogP contribution < -0.4 is 0 Å². The molecule has 1 unspecified atom stereocenters. The van der Waals surface area contributed by atoms with Crippen LogP contribution in [-0.4, -0.2) is 13.2 Å². The highest BCUT2D eigenvalue weighted by Gasteiger charge is 2.30. The van der Waals surface area contributed by atoms with Crippen LogP contribution in [0.25, 0.3) is 5.57 Å². The second-order valence-electron chi connectivity index (χ2n) is 10.3. The largest absolute Gasteiger partial charge is 0.348 e. The van der Waals surface area contributed by atoms with Crippen LogP contribution in [0, 0.1) is 29.4 Å². The summed E-state index contributed by atoms with van der Waals surface area (Å²) in [6.45, 7) is 3.64. The van der Waals surface area contributed by atoms with Gasteiger partial charge < -0.3 is 9.47 Å². The Balaban J connectivity index is 1.14. The first-order valence-corrected chi connectivity index (χ1v) is 12.5. The molecule has 176 valence electrons. The fourth-order valence-corrected chi connectivity index (χ4v) is 5.88. The molecular weight excluding hydrogens is 418 g/mol. The number of halogens is 2. The molecule has 2 fully saturated rings. The van der Waals surface area contributed by atoms with Crippen molar-refractivity contribution in [2.45, 2.75) is 64.1 Å². The lowest BCUT2D eigenvalue weighted by molar-refractivity contribution is -0.202. The average molecular weight is 453 g/mol. The highest BCUT2D eigenvalue weighted by atomic mass is 19.2. The Labute approximate surface area is 196 Å². The third-order valence-corrected chi connectivity index (χ3v) is 7.92. The summed E-state index contributed by atoms with van der Waals surface area (Å²) < 4.78 is 38.5. The van der Waals surface area contributed by atoms with Crippen LogP contribution in [0.15, 0.2) is 48.5 Å². The molecule has 4 heteroatoms. The number of hydrogen-bond donors (Lipinski definition) is 0. The maximum Gasteiger partial charge on any atom is 0.183 e. The lowest BCUT2D eigenvalue weighted by Crippen LogP contribution is -2.25. The summed E-state index contributed by atoms with van der Waals surface area (Å²) in [5.74, 6) is 0.838. The molecule has 0 radical (unpaired) electrons. The second-order valence-corrected chi connectivity index (χ2v) is 10.3. The highest BCUT2D eigenvalue weighted by molar-refractivity contribution is 5.66. The van der Waals surface area contributed by atoms with E-state index in [0.29, 0.717) is 11.8 Å². The van der Waals surface area contributed by atoms with Crippen molar-refractivity contribution in [1.82, 2.24) is 0 Å². The molecule has 1 saturated carbocycles. The molecule has 2 aromatic rings. The Bertz CT molecular complexity index is 968. The summed E-state index contributed by atoms with van der Waals surface area (Å²) in [5, 5.41) is 0. The van der Waals surface area contributed by atoms with E-state index < -0.39 is 11.6 Å². The first-order chi connectivity index (χ1) is 16.1. The van der Waals surface area contributed by atoms with Gasteiger partial charge in [0.1, 0.15) is 0 Å². The van der Waals surface area contributed by atoms with Gasteiger partial charge in [-0.25, -0.2) is 8.78 Å². The van der Waals surface area contributed by atoms with Crippen molar-refractivity contribution in [1.29, 1.82) is 0 Å². The van der Waals surface area contributed by atoms with Crippen molar-refractivity contribution < 1.29 is 18.3 Å². The Morgan fingerprint density at radius 1 is 0.758 bits per heavy atom. The van der Waals surface area contributed by atoms with Crippen LogP contribution in [0.3, 0.4) is 0 Å². The molecule has 0 bridgehead atoms. The second kappa shape index (κ2) is 10.1. The van der Waals surface area contributed by atoms with Gasteiger partial charge in [-0.2, -0.15) is 0 Å². The molecule has 0 N–H and O–H groups in total. The van der Waals surface area contributed by atoms with Crippen LogP contribution in [0.5, 0.6) is 0 Å². The minimum atomic E-state index is -0.753. The molecule has 2 aromatic carbocycles. The first-order valence-electron chi connectivity index (χ1n) is 12.5. The molecule has 2 aliphatic carbocycles. The van der Waals surface area contributed by atoms with Gasteiger partial charge in [0, 0.05) is 11.5 Å². The van der Waals surface area contributed by atoms with Crippen LogP contribution in [-0.2, 0) is 9.47 Å². The number of rotatable bonds is 4. The van der Waals surface area contributed by atoms with Crippen molar-refractivity contribution in [3.8, 4) is 0 Å². The fraction of sp³-hybridized carbons (Fsp3) is 0.517. The molecular formula is C29H34F2O2. The van der Waals surface area contributed by atoms with E-state index in [1.165, 1.54) is 42.5 Å².